The average molecular weight is 834 g/mol. The highest BCUT2D eigenvalue weighted by atomic mass is 15.0. The fourth-order valence-corrected chi connectivity index (χ4v) is 9.10. The molecule has 3 heterocycles. The Bertz CT molecular complexity index is 3550. The molecule has 11 rings (SSSR count). The van der Waals surface area contributed by atoms with E-state index in [1.165, 1.54) is 32.7 Å². The van der Waals surface area contributed by atoms with Crippen molar-refractivity contribution in [3.63, 3.8) is 0 Å². The highest BCUT2D eigenvalue weighted by molar-refractivity contribution is 6.14. The lowest BCUT2D eigenvalue weighted by molar-refractivity contribution is 1.07. The minimum absolute atomic E-state index is 0.600. The molecule has 0 unspecified atom stereocenters. The van der Waals surface area contributed by atoms with Crippen molar-refractivity contribution >= 4 is 21.5 Å². The number of benzene rings is 8. The number of nitrogens with zero attached hydrogens (tertiary/aromatic N) is 5. The van der Waals surface area contributed by atoms with Crippen molar-refractivity contribution in [1.29, 1.82) is 0 Å². The predicted molar refractivity (Wildman–Crippen MR) is 268 cm³/mol. The molecule has 0 aliphatic carbocycles. The number of fused-ring (bicyclic) bond motifs is 3. The topological polar surface area (TPSA) is 64.5 Å². The quantitative estimate of drug-likeness (QED) is 0.143. The number of hydrogen-bond acceptors (Lipinski definition) is 5. The van der Waals surface area contributed by atoms with Crippen molar-refractivity contribution < 1.29 is 0 Å². The zero-order valence-corrected chi connectivity index (χ0v) is 36.4. The predicted octanol–water partition coefficient (Wildman–Crippen LogP) is 15.2. The number of aryl methyl sites for hydroxylation is 3. The van der Waals surface area contributed by atoms with Crippen molar-refractivity contribution in [2.45, 2.75) is 20.8 Å². The van der Waals surface area contributed by atoms with E-state index in [0.717, 1.165) is 78.0 Å². The molecule has 0 fully saturated rings. The zero-order valence-electron chi connectivity index (χ0n) is 36.4. The van der Waals surface area contributed by atoms with Gasteiger partial charge in [0, 0.05) is 40.8 Å². The van der Waals surface area contributed by atoms with E-state index in [0.29, 0.717) is 17.5 Å². The molecule has 0 saturated carbocycles. The van der Waals surface area contributed by atoms with E-state index in [2.05, 4.69) is 195 Å². The van der Waals surface area contributed by atoms with E-state index in [1.54, 1.807) is 6.20 Å². The summed E-state index contributed by atoms with van der Waals surface area (Å²) in [7, 11) is 0. The van der Waals surface area contributed by atoms with Crippen LogP contribution in [0.2, 0.25) is 0 Å². The van der Waals surface area contributed by atoms with Crippen molar-refractivity contribution in [2.24, 2.45) is 0 Å². The van der Waals surface area contributed by atoms with Gasteiger partial charge in [0.25, 0.3) is 0 Å². The van der Waals surface area contributed by atoms with Crippen LogP contribution in [-0.4, -0.2) is 24.9 Å². The summed E-state index contributed by atoms with van der Waals surface area (Å²) in [5.41, 5.74) is 17.0. The fraction of sp³-hybridized carbons (Fsp3) is 0.0500. The SMILES string of the molecule is Cc1cc(-c2nc(-c3cc(-c4ccc(-c5cccnc5)cc4)cc(-c4cc5ccccc5c5ccccc45)c3)nc(-c3ccc(-c4ccccn4)cc3C)n2)c(C)cc1-c1ccccc1. The van der Waals surface area contributed by atoms with Gasteiger partial charge in [-0.15, -0.1) is 0 Å². The summed E-state index contributed by atoms with van der Waals surface area (Å²) in [6.07, 6.45) is 5.54. The van der Waals surface area contributed by atoms with Crippen LogP contribution in [-0.2, 0) is 0 Å². The third-order valence-electron chi connectivity index (χ3n) is 12.4. The number of aromatic nitrogens is 5. The second kappa shape index (κ2) is 16.7. The summed E-state index contributed by atoms with van der Waals surface area (Å²) in [5, 5.41) is 4.82. The van der Waals surface area contributed by atoms with Gasteiger partial charge in [0.15, 0.2) is 17.5 Å². The summed E-state index contributed by atoms with van der Waals surface area (Å²) in [6.45, 7) is 6.43. The van der Waals surface area contributed by atoms with Gasteiger partial charge in [0.2, 0.25) is 0 Å². The molecule has 0 radical (unpaired) electrons. The van der Waals surface area contributed by atoms with Crippen LogP contribution in [0.5, 0.6) is 0 Å². The van der Waals surface area contributed by atoms with Crippen LogP contribution in [0.15, 0.2) is 207 Å². The van der Waals surface area contributed by atoms with E-state index in [1.807, 2.05) is 36.7 Å². The zero-order chi connectivity index (χ0) is 43.9. The first-order valence-electron chi connectivity index (χ1n) is 22.0. The lowest BCUT2D eigenvalue weighted by Crippen LogP contribution is -2.03. The van der Waals surface area contributed by atoms with Crippen LogP contribution in [0.1, 0.15) is 16.7 Å². The van der Waals surface area contributed by atoms with Crippen LogP contribution < -0.4 is 0 Å². The normalized spacial score (nSPS) is 11.3. The second-order valence-corrected chi connectivity index (χ2v) is 16.7. The Kier molecular flexibility index (Phi) is 10.1. The molecule has 0 aliphatic heterocycles. The molecule has 5 heteroatoms. The number of rotatable bonds is 8. The Balaban J connectivity index is 1.14. The maximum absolute atomic E-state index is 5.40. The van der Waals surface area contributed by atoms with Gasteiger partial charge < -0.3 is 0 Å². The molecule has 0 atom stereocenters. The van der Waals surface area contributed by atoms with Crippen molar-refractivity contribution in [2.75, 3.05) is 0 Å². The van der Waals surface area contributed by atoms with E-state index in [-0.39, 0.29) is 0 Å². The third kappa shape index (κ3) is 7.64. The Morgan fingerprint density at radius 2 is 0.908 bits per heavy atom. The van der Waals surface area contributed by atoms with Crippen molar-refractivity contribution in [1.82, 2.24) is 24.9 Å². The highest BCUT2D eigenvalue weighted by Crippen LogP contribution is 2.40. The summed E-state index contributed by atoms with van der Waals surface area (Å²) in [4.78, 5) is 25.1. The minimum atomic E-state index is 0.600. The van der Waals surface area contributed by atoms with Crippen molar-refractivity contribution in [3.05, 3.63) is 223 Å². The molecular weight excluding hydrogens is 791 g/mol. The van der Waals surface area contributed by atoms with Crippen LogP contribution >= 0.6 is 0 Å². The number of pyridine rings is 2. The molecule has 0 aliphatic rings. The molecule has 0 bridgehead atoms. The molecule has 0 N–H and O–H groups in total. The van der Waals surface area contributed by atoms with Crippen LogP contribution in [0.25, 0.3) is 111 Å². The van der Waals surface area contributed by atoms with Gasteiger partial charge in [-0.1, -0.05) is 133 Å². The summed E-state index contributed by atoms with van der Waals surface area (Å²) < 4.78 is 0. The Labute approximate surface area is 378 Å². The Morgan fingerprint density at radius 3 is 1.66 bits per heavy atom. The van der Waals surface area contributed by atoms with Gasteiger partial charge >= 0.3 is 0 Å². The molecule has 3 aromatic heterocycles. The molecule has 0 saturated heterocycles. The third-order valence-corrected chi connectivity index (χ3v) is 12.4. The first kappa shape index (κ1) is 39.4. The van der Waals surface area contributed by atoms with Crippen LogP contribution in [0, 0.1) is 20.8 Å². The monoisotopic (exact) mass is 833 g/mol. The van der Waals surface area contributed by atoms with Crippen LogP contribution in [0.4, 0.5) is 0 Å². The standard InChI is InChI=1S/C60H43N5/c1-38-30-45(57-21-11-12-29-62-57)26-27-50(38)59-63-58(64-60(65-59)55-32-39(2)54(31-40(55)3)43-14-5-4-6-15-43)49-34-47(42-24-22-41(23-25-42)46-17-13-28-61-37-46)33-48(35-49)56-36-44-16-7-8-18-51(44)52-19-9-10-20-53(52)56/h4-37H,1-3H3. The maximum atomic E-state index is 5.40. The lowest BCUT2D eigenvalue weighted by Gasteiger charge is -2.16. The van der Waals surface area contributed by atoms with Gasteiger partial charge in [-0.05, 0) is 158 Å². The molecule has 65 heavy (non-hydrogen) atoms. The fourth-order valence-electron chi connectivity index (χ4n) is 9.10. The molecule has 0 amide bonds. The molecule has 308 valence electrons. The molecule has 0 spiro atoms. The first-order chi connectivity index (χ1) is 31.9. The van der Waals surface area contributed by atoms with E-state index in [4.69, 9.17) is 15.0 Å². The van der Waals surface area contributed by atoms with E-state index < -0.39 is 0 Å². The highest BCUT2D eigenvalue weighted by Gasteiger charge is 2.20. The largest absolute Gasteiger partial charge is 0.264 e. The van der Waals surface area contributed by atoms with E-state index in [9.17, 15) is 0 Å². The Hall–Kier alpha value is -8.41. The smallest absolute Gasteiger partial charge is 0.164 e. The van der Waals surface area contributed by atoms with Crippen LogP contribution in [0.3, 0.4) is 0 Å². The maximum Gasteiger partial charge on any atom is 0.164 e. The molecule has 8 aromatic carbocycles. The van der Waals surface area contributed by atoms with Gasteiger partial charge in [0.05, 0.1) is 5.69 Å². The average Bonchev–Trinajstić information content (AvgIpc) is 3.37. The molecular formula is C60H43N5. The summed E-state index contributed by atoms with van der Waals surface area (Å²) >= 11 is 0. The van der Waals surface area contributed by atoms with E-state index >= 15 is 0 Å². The first-order valence-corrected chi connectivity index (χ1v) is 22.0. The van der Waals surface area contributed by atoms with Gasteiger partial charge in [-0.25, -0.2) is 15.0 Å². The Morgan fingerprint density at radius 1 is 0.308 bits per heavy atom. The summed E-state index contributed by atoms with van der Waals surface area (Å²) in [5.74, 6) is 1.84. The second-order valence-electron chi connectivity index (χ2n) is 16.7. The van der Waals surface area contributed by atoms with Gasteiger partial charge in [0.1, 0.15) is 0 Å². The van der Waals surface area contributed by atoms with Gasteiger partial charge in [-0.3, -0.25) is 9.97 Å². The number of hydrogen-bond donors (Lipinski definition) is 0. The van der Waals surface area contributed by atoms with Gasteiger partial charge in [-0.2, -0.15) is 0 Å². The molecule has 5 nitrogen and oxygen atoms in total. The summed E-state index contributed by atoms with van der Waals surface area (Å²) in [6, 6.07) is 66.7. The lowest BCUT2D eigenvalue weighted by atomic mass is 9.90. The molecule has 11 aromatic rings. The van der Waals surface area contributed by atoms with Crippen molar-refractivity contribution in [3.8, 4) is 89.9 Å². The minimum Gasteiger partial charge on any atom is -0.264 e.